The number of oxazole rings is 1. The molecule has 7 heteroatoms. The molecule has 0 aliphatic rings. The standard InChI is InChI=1S/C11H12ClN3O2S/c1-6-7(2)17-11(13-6)18-10-4-8(12)14-9(15-10)5-16-3/h4H,5H2,1-3H3. The Morgan fingerprint density at radius 3 is 2.72 bits per heavy atom. The van der Waals surface area contributed by atoms with Crippen LogP contribution in [0.25, 0.3) is 0 Å². The van der Waals surface area contributed by atoms with Gasteiger partial charge in [-0.1, -0.05) is 11.6 Å². The van der Waals surface area contributed by atoms with Crippen LogP contribution in [0.15, 0.2) is 20.7 Å². The molecule has 5 nitrogen and oxygen atoms in total. The zero-order valence-electron chi connectivity index (χ0n) is 10.2. The Morgan fingerprint density at radius 1 is 1.33 bits per heavy atom. The van der Waals surface area contributed by atoms with Crippen LogP contribution in [0, 0.1) is 13.8 Å². The predicted octanol–water partition coefficient (Wildman–Crippen LogP) is 3.03. The molecule has 0 aliphatic carbocycles. The average Bonchev–Trinajstić information content (AvgIpc) is 2.57. The van der Waals surface area contributed by atoms with Crippen LogP contribution in [0.1, 0.15) is 17.3 Å². The Balaban J connectivity index is 2.22. The lowest BCUT2D eigenvalue weighted by molar-refractivity contribution is 0.177. The molecule has 18 heavy (non-hydrogen) atoms. The molecule has 2 aromatic heterocycles. The lowest BCUT2D eigenvalue weighted by atomic mass is 10.4. The minimum atomic E-state index is 0.317. The number of methoxy groups -OCH3 is 1. The highest BCUT2D eigenvalue weighted by Crippen LogP contribution is 2.28. The number of nitrogens with zero attached hydrogens (tertiary/aromatic N) is 3. The maximum Gasteiger partial charge on any atom is 0.262 e. The highest BCUT2D eigenvalue weighted by atomic mass is 35.5. The molecule has 0 bridgehead atoms. The number of hydrogen-bond acceptors (Lipinski definition) is 6. The highest BCUT2D eigenvalue weighted by molar-refractivity contribution is 7.99. The van der Waals surface area contributed by atoms with Gasteiger partial charge >= 0.3 is 0 Å². The Kier molecular flexibility index (Phi) is 4.21. The molecule has 0 aromatic carbocycles. The maximum atomic E-state index is 5.92. The summed E-state index contributed by atoms with van der Waals surface area (Å²) in [6.45, 7) is 4.08. The molecule has 0 saturated heterocycles. The monoisotopic (exact) mass is 285 g/mol. The van der Waals surface area contributed by atoms with E-state index < -0.39 is 0 Å². The number of aromatic nitrogens is 3. The van der Waals surface area contributed by atoms with Gasteiger partial charge in [-0.2, -0.15) is 0 Å². The number of aryl methyl sites for hydroxylation is 2. The Hall–Kier alpha value is -1.11. The van der Waals surface area contributed by atoms with Crippen LogP contribution in [0.3, 0.4) is 0 Å². The molecule has 0 unspecified atom stereocenters. The molecule has 0 atom stereocenters. The molecule has 2 rings (SSSR count). The second-order valence-electron chi connectivity index (χ2n) is 3.60. The zero-order chi connectivity index (χ0) is 13.1. The number of ether oxygens (including phenoxy) is 1. The van der Waals surface area contributed by atoms with Crippen molar-refractivity contribution in [1.82, 2.24) is 15.0 Å². The Morgan fingerprint density at radius 2 is 2.11 bits per heavy atom. The summed E-state index contributed by atoms with van der Waals surface area (Å²) in [6, 6.07) is 1.67. The zero-order valence-corrected chi connectivity index (χ0v) is 11.8. The fourth-order valence-corrected chi connectivity index (χ4v) is 2.38. The summed E-state index contributed by atoms with van der Waals surface area (Å²) in [7, 11) is 1.58. The van der Waals surface area contributed by atoms with Crippen LogP contribution >= 0.6 is 23.4 Å². The maximum absolute atomic E-state index is 5.92. The summed E-state index contributed by atoms with van der Waals surface area (Å²) in [6.07, 6.45) is 0. The lowest BCUT2D eigenvalue weighted by Crippen LogP contribution is -1.98. The van der Waals surface area contributed by atoms with Gasteiger partial charge in [0.05, 0.1) is 5.69 Å². The molecule has 0 fully saturated rings. The van der Waals surface area contributed by atoms with E-state index in [-0.39, 0.29) is 0 Å². The molecule has 2 aromatic rings. The van der Waals surface area contributed by atoms with Gasteiger partial charge in [-0.25, -0.2) is 15.0 Å². The third-order valence-corrected chi connectivity index (χ3v) is 3.15. The van der Waals surface area contributed by atoms with E-state index in [1.165, 1.54) is 11.8 Å². The second kappa shape index (κ2) is 5.69. The summed E-state index contributed by atoms with van der Waals surface area (Å²) in [5.74, 6) is 1.34. The van der Waals surface area contributed by atoms with Crippen LogP contribution < -0.4 is 0 Å². The largest absolute Gasteiger partial charge is 0.436 e. The van der Waals surface area contributed by atoms with Gasteiger partial charge in [0.15, 0.2) is 5.82 Å². The van der Waals surface area contributed by atoms with Crippen LogP contribution in [0.4, 0.5) is 0 Å². The van der Waals surface area contributed by atoms with Crippen molar-refractivity contribution in [1.29, 1.82) is 0 Å². The van der Waals surface area contributed by atoms with E-state index in [0.717, 1.165) is 11.5 Å². The van der Waals surface area contributed by atoms with Crippen LogP contribution in [0.5, 0.6) is 0 Å². The number of rotatable bonds is 4. The van der Waals surface area contributed by atoms with Crippen molar-refractivity contribution >= 4 is 23.4 Å². The Bertz CT molecular complexity index is 540. The first kappa shape index (κ1) is 13.3. The van der Waals surface area contributed by atoms with Crippen molar-refractivity contribution in [3.8, 4) is 0 Å². The van der Waals surface area contributed by atoms with Gasteiger partial charge in [-0.15, -0.1) is 0 Å². The smallest absolute Gasteiger partial charge is 0.262 e. The SMILES string of the molecule is COCc1nc(Cl)cc(Sc2nc(C)c(C)o2)n1. The van der Waals surface area contributed by atoms with E-state index in [9.17, 15) is 0 Å². The molecule has 0 aliphatic heterocycles. The van der Waals surface area contributed by atoms with Crippen molar-refractivity contribution in [3.63, 3.8) is 0 Å². The summed E-state index contributed by atoms with van der Waals surface area (Å²) in [5.41, 5.74) is 0.870. The molecule has 0 radical (unpaired) electrons. The van der Waals surface area contributed by atoms with E-state index in [4.69, 9.17) is 20.8 Å². The molecule has 0 saturated carbocycles. The molecule has 0 amide bonds. The van der Waals surface area contributed by atoms with Crippen molar-refractivity contribution in [2.24, 2.45) is 0 Å². The van der Waals surface area contributed by atoms with Gasteiger partial charge < -0.3 is 9.15 Å². The van der Waals surface area contributed by atoms with E-state index in [1.54, 1.807) is 13.2 Å². The van der Waals surface area contributed by atoms with Crippen molar-refractivity contribution < 1.29 is 9.15 Å². The average molecular weight is 286 g/mol. The first-order valence-electron chi connectivity index (χ1n) is 5.22. The summed E-state index contributed by atoms with van der Waals surface area (Å²) in [5, 5.41) is 1.60. The normalized spacial score (nSPS) is 10.9. The first-order chi connectivity index (χ1) is 8.58. The van der Waals surface area contributed by atoms with Crippen molar-refractivity contribution in [3.05, 3.63) is 28.5 Å². The molecule has 2 heterocycles. The van der Waals surface area contributed by atoms with Gasteiger partial charge in [0.2, 0.25) is 0 Å². The topological polar surface area (TPSA) is 61.0 Å². The number of hydrogen-bond donors (Lipinski definition) is 0. The first-order valence-corrected chi connectivity index (χ1v) is 6.42. The van der Waals surface area contributed by atoms with Gasteiger partial charge in [-0.3, -0.25) is 0 Å². The fraction of sp³-hybridized carbons (Fsp3) is 0.364. The molecule has 0 N–H and O–H groups in total. The number of halogens is 1. The van der Waals surface area contributed by atoms with E-state index >= 15 is 0 Å². The summed E-state index contributed by atoms with van der Waals surface area (Å²) in [4.78, 5) is 12.6. The highest BCUT2D eigenvalue weighted by Gasteiger charge is 2.10. The third-order valence-electron chi connectivity index (χ3n) is 2.19. The van der Waals surface area contributed by atoms with Crippen LogP contribution in [-0.2, 0) is 11.3 Å². The van der Waals surface area contributed by atoms with Crippen LogP contribution in [0.2, 0.25) is 5.15 Å². The quantitative estimate of drug-likeness (QED) is 0.805. The minimum absolute atomic E-state index is 0.317. The summed E-state index contributed by atoms with van der Waals surface area (Å²) >= 11 is 7.23. The van der Waals surface area contributed by atoms with Crippen molar-refractivity contribution in [2.75, 3.05) is 7.11 Å². The lowest BCUT2D eigenvalue weighted by Gasteiger charge is -2.02. The molecular weight excluding hydrogens is 274 g/mol. The van der Waals surface area contributed by atoms with Gasteiger partial charge in [0.25, 0.3) is 5.22 Å². The summed E-state index contributed by atoms with van der Waals surface area (Å²) < 4.78 is 10.5. The molecule has 96 valence electrons. The van der Waals surface area contributed by atoms with E-state index in [1.807, 2.05) is 13.8 Å². The van der Waals surface area contributed by atoms with Gasteiger partial charge in [0, 0.05) is 13.2 Å². The predicted molar refractivity (Wildman–Crippen MR) is 67.9 cm³/mol. The molecular formula is C11H12ClN3O2S. The van der Waals surface area contributed by atoms with E-state index in [2.05, 4.69) is 15.0 Å². The fourth-order valence-electron chi connectivity index (χ4n) is 1.26. The molecule has 0 spiro atoms. The van der Waals surface area contributed by atoms with Gasteiger partial charge in [-0.05, 0) is 25.6 Å². The second-order valence-corrected chi connectivity index (χ2v) is 4.96. The van der Waals surface area contributed by atoms with Gasteiger partial charge in [0.1, 0.15) is 22.5 Å². The van der Waals surface area contributed by atoms with Crippen LogP contribution in [-0.4, -0.2) is 22.1 Å². The third kappa shape index (κ3) is 3.22. The minimum Gasteiger partial charge on any atom is -0.436 e. The Labute approximate surface area is 114 Å². The van der Waals surface area contributed by atoms with Crippen molar-refractivity contribution in [2.45, 2.75) is 30.7 Å². The van der Waals surface area contributed by atoms with E-state index in [0.29, 0.717) is 27.8 Å².